The number of amides is 1. The molecular weight excluding hydrogens is 438 g/mol. The van der Waals surface area contributed by atoms with Gasteiger partial charge in [0, 0.05) is 41.7 Å². The van der Waals surface area contributed by atoms with Gasteiger partial charge in [-0.15, -0.1) is 0 Å². The number of carbonyl (C=O) groups excluding carboxylic acids is 1. The molecule has 1 amide bonds. The lowest BCUT2D eigenvalue weighted by atomic mass is 9.79. The Balaban J connectivity index is 1.36. The third kappa shape index (κ3) is 5.21. The van der Waals surface area contributed by atoms with E-state index in [0.29, 0.717) is 32.0 Å². The van der Waals surface area contributed by atoms with Crippen molar-refractivity contribution >= 4 is 16.8 Å². The minimum absolute atomic E-state index is 0.0247. The number of pyridine rings is 1. The van der Waals surface area contributed by atoms with E-state index in [-0.39, 0.29) is 17.2 Å². The van der Waals surface area contributed by atoms with Gasteiger partial charge in [0.1, 0.15) is 11.5 Å². The highest BCUT2D eigenvalue weighted by Gasteiger charge is 2.35. The van der Waals surface area contributed by atoms with Gasteiger partial charge in [-0.1, -0.05) is 25.1 Å². The predicted molar refractivity (Wildman–Crippen MR) is 137 cm³/mol. The summed E-state index contributed by atoms with van der Waals surface area (Å²) < 4.78 is 5.93. The summed E-state index contributed by atoms with van der Waals surface area (Å²) in [5.74, 6) is 0.990. The molecule has 0 bridgehead atoms. The molecule has 0 saturated carbocycles. The molecule has 2 aliphatic rings. The van der Waals surface area contributed by atoms with Crippen LogP contribution >= 0.6 is 0 Å². The zero-order valence-electron chi connectivity index (χ0n) is 21.0. The molecule has 0 N–H and O–H groups in total. The smallest absolute Gasteiger partial charge is 0.272 e. The van der Waals surface area contributed by atoms with Crippen molar-refractivity contribution in [3.8, 4) is 0 Å². The minimum Gasteiger partial charge on any atom is -0.379 e. The first-order valence-electron chi connectivity index (χ1n) is 12.7. The highest BCUT2D eigenvalue weighted by Crippen LogP contribution is 2.33. The highest BCUT2D eigenvalue weighted by atomic mass is 16.5. The first-order valence-corrected chi connectivity index (χ1v) is 12.7. The van der Waals surface area contributed by atoms with Crippen molar-refractivity contribution in [2.24, 2.45) is 5.92 Å². The lowest BCUT2D eigenvalue weighted by molar-refractivity contribution is 0.0730. The summed E-state index contributed by atoms with van der Waals surface area (Å²) in [5.41, 5.74) is 3.50. The van der Waals surface area contributed by atoms with Crippen LogP contribution in [0.2, 0.25) is 0 Å². The molecule has 0 radical (unpaired) electrons. The molecule has 2 aromatic heterocycles. The maximum absolute atomic E-state index is 13.7. The number of hydrogen-bond acceptors (Lipinski definition) is 6. The quantitative estimate of drug-likeness (QED) is 0.576. The lowest BCUT2D eigenvalue weighted by Gasteiger charge is -2.36. The summed E-state index contributed by atoms with van der Waals surface area (Å²) in [5, 5.41) is 1.17. The van der Waals surface area contributed by atoms with E-state index in [2.05, 4.69) is 42.1 Å². The first-order chi connectivity index (χ1) is 16.9. The van der Waals surface area contributed by atoms with E-state index in [9.17, 15) is 4.79 Å². The van der Waals surface area contributed by atoms with Crippen LogP contribution in [0.15, 0.2) is 42.6 Å². The number of ether oxygens (including phenoxy) is 1. The number of carbonyl (C=O) groups is 1. The van der Waals surface area contributed by atoms with Crippen molar-refractivity contribution in [3.63, 3.8) is 0 Å². The molecule has 7 heteroatoms. The molecule has 5 rings (SSSR count). The SMILES string of the molecule is Cc1cc(C(=O)N2CCOC[C@H](Cc3cccc4ncccc34)C2)nc(C2(C)CCN(C)CC2)n1. The Labute approximate surface area is 207 Å². The average molecular weight is 474 g/mol. The Morgan fingerprint density at radius 1 is 1.14 bits per heavy atom. The fourth-order valence-corrected chi connectivity index (χ4v) is 5.29. The van der Waals surface area contributed by atoms with Crippen molar-refractivity contribution in [2.45, 2.75) is 38.5 Å². The van der Waals surface area contributed by atoms with E-state index in [0.717, 1.165) is 49.4 Å². The maximum Gasteiger partial charge on any atom is 0.272 e. The maximum atomic E-state index is 13.7. The van der Waals surface area contributed by atoms with Gasteiger partial charge in [0.25, 0.3) is 5.91 Å². The average Bonchev–Trinajstić information content (AvgIpc) is 3.11. The molecule has 0 unspecified atom stereocenters. The summed E-state index contributed by atoms with van der Waals surface area (Å²) in [7, 11) is 2.15. The Morgan fingerprint density at radius 2 is 1.97 bits per heavy atom. The number of nitrogens with zero attached hydrogens (tertiary/aromatic N) is 5. The third-order valence-corrected chi connectivity index (χ3v) is 7.57. The molecule has 0 spiro atoms. The van der Waals surface area contributed by atoms with Crippen LogP contribution in [0.25, 0.3) is 10.9 Å². The summed E-state index contributed by atoms with van der Waals surface area (Å²) in [4.78, 5) is 32.0. The minimum atomic E-state index is -0.0968. The molecule has 184 valence electrons. The van der Waals surface area contributed by atoms with Gasteiger partial charge in [-0.05, 0) is 70.1 Å². The standard InChI is InChI=1S/C28H35N5O2/c1-20-16-25(31-27(30-20)28(2)9-12-32(3)13-10-28)26(34)33-14-15-35-19-21(18-33)17-22-6-4-8-24-23(22)7-5-11-29-24/h4-8,11,16,21H,9-10,12-15,17-19H2,1-3H3/t21-/m1/s1. The molecule has 0 aliphatic carbocycles. The highest BCUT2D eigenvalue weighted by molar-refractivity contribution is 5.92. The van der Waals surface area contributed by atoms with E-state index in [1.807, 2.05) is 36.2 Å². The largest absolute Gasteiger partial charge is 0.379 e. The van der Waals surface area contributed by atoms with Gasteiger partial charge in [0.2, 0.25) is 0 Å². The van der Waals surface area contributed by atoms with Crippen LogP contribution in [0, 0.1) is 12.8 Å². The van der Waals surface area contributed by atoms with Gasteiger partial charge in [-0.3, -0.25) is 9.78 Å². The lowest BCUT2D eigenvalue weighted by Crippen LogP contribution is -2.41. The number of fused-ring (bicyclic) bond motifs is 1. The second-order valence-corrected chi connectivity index (χ2v) is 10.5. The summed E-state index contributed by atoms with van der Waals surface area (Å²) in [6.07, 6.45) is 4.66. The van der Waals surface area contributed by atoms with Crippen LogP contribution in [-0.4, -0.2) is 77.1 Å². The molecule has 35 heavy (non-hydrogen) atoms. The van der Waals surface area contributed by atoms with Crippen molar-refractivity contribution in [1.82, 2.24) is 24.8 Å². The number of benzene rings is 1. The fraction of sp³-hybridized carbons (Fsp3) is 0.500. The number of hydrogen-bond donors (Lipinski definition) is 0. The number of piperidine rings is 1. The summed E-state index contributed by atoms with van der Waals surface area (Å²) in [6, 6.07) is 12.2. The van der Waals surface area contributed by atoms with Crippen LogP contribution in [-0.2, 0) is 16.6 Å². The van der Waals surface area contributed by atoms with Gasteiger partial charge in [0.15, 0.2) is 0 Å². The van der Waals surface area contributed by atoms with Gasteiger partial charge < -0.3 is 14.5 Å². The zero-order valence-corrected chi connectivity index (χ0v) is 21.0. The molecule has 4 heterocycles. The molecule has 2 aliphatic heterocycles. The summed E-state index contributed by atoms with van der Waals surface area (Å²) in [6.45, 7) is 8.64. The zero-order chi connectivity index (χ0) is 24.4. The number of likely N-dealkylation sites (tertiary alicyclic amines) is 1. The Kier molecular flexibility index (Phi) is 6.80. The molecule has 2 fully saturated rings. The van der Waals surface area contributed by atoms with Crippen molar-refractivity contribution < 1.29 is 9.53 Å². The Bertz CT molecular complexity index is 1200. The first kappa shape index (κ1) is 23.8. The van der Waals surface area contributed by atoms with Gasteiger partial charge in [-0.2, -0.15) is 0 Å². The predicted octanol–water partition coefficient (Wildman–Crippen LogP) is 3.65. The van der Waals surface area contributed by atoms with Crippen molar-refractivity contribution in [1.29, 1.82) is 0 Å². The number of rotatable bonds is 4. The normalized spacial score (nSPS) is 21.1. The van der Waals surface area contributed by atoms with Crippen molar-refractivity contribution in [3.05, 3.63) is 65.4 Å². The van der Waals surface area contributed by atoms with Crippen molar-refractivity contribution in [2.75, 3.05) is 46.4 Å². The van der Waals surface area contributed by atoms with Gasteiger partial charge >= 0.3 is 0 Å². The molecule has 3 aromatic rings. The van der Waals surface area contributed by atoms with E-state index in [1.165, 1.54) is 10.9 Å². The van der Waals surface area contributed by atoms with Gasteiger partial charge in [-0.25, -0.2) is 9.97 Å². The molecule has 1 atom stereocenters. The second kappa shape index (κ2) is 9.99. The molecule has 7 nitrogen and oxygen atoms in total. The van der Waals surface area contributed by atoms with Crippen LogP contribution < -0.4 is 0 Å². The number of aryl methyl sites for hydroxylation is 1. The van der Waals surface area contributed by atoms with Gasteiger partial charge in [0.05, 0.1) is 18.7 Å². The van der Waals surface area contributed by atoms with E-state index >= 15 is 0 Å². The fourth-order valence-electron chi connectivity index (χ4n) is 5.29. The van der Waals surface area contributed by atoms with Crippen LogP contribution in [0.5, 0.6) is 0 Å². The van der Waals surface area contributed by atoms with Crippen LogP contribution in [0.3, 0.4) is 0 Å². The summed E-state index contributed by atoms with van der Waals surface area (Å²) >= 11 is 0. The Hall–Kier alpha value is -2.90. The molecule has 2 saturated heterocycles. The van der Waals surface area contributed by atoms with Crippen LogP contribution in [0.1, 0.15) is 47.3 Å². The topological polar surface area (TPSA) is 71.5 Å². The number of aromatic nitrogens is 3. The Morgan fingerprint density at radius 3 is 2.80 bits per heavy atom. The monoisotopic (exact) mass is 473 g/mol. The van der Waals surface area contributed by atoms with E-state index in [4.69, 9.17) is 14.7 Å². The molecule has 1 aromatic carbocycles. The van der Waals surface area contributed by atoms with E-state index in [1.54, 1.807) is 0 Å². The second-order valence-electron chi connectivity index (χ2n) is 10.5. The van der Waals surface area contributed by atoms with E-state index < -0.39 is 0 Å². The van der Waals surface area contributed by atoms with Crippen LogP contribution in [0.4, 0.5) is 0 Å². The third-order valence-electron chi connectivity index (χ3n) is 7.57. The molecular formula is C28H35N5O2.